The number of phenolic OH excluding ortho intramolecular Hbond substituents is 1. The van der Waals surface area contributed by atoms with Gasteiger partial charge in [-0.25, -0.2) is 0 Å². The molecule has 1 unspecified atom stereocenters. The van der Waals surface area contributed by atoms with E-state index in [-0.39, 0.29) is 66.9 Å². The van der Waals surface area contributed by atoms with Crippen LogP contribution in [0.3, 0.4) is 0 Å². The van der Waals surface area contributed by atoms with Gasteiger partial charge in [0.1, 0.15) is 23.9 Å². The van der Waals surface area contributed by atoms with Crippen LogP contribution < -0.4 is 58.9 Å². The summed E-state index contributed by atoms with van der Waals surface area (Å²) in [7, 11) is 0. The fraction of sp³-hybridized carbons (Fsp3) is 0.511. The molecule has 0 aliphatic heterocycles. The second-order valence-electron chi connectivity index (χ2n) is 17.0. The third-order valence-electron chi connectivity index (χ3n) is 9.86. The molecule has 0 aromatic heterocycles. The van der Waals surface area contributed by atoms with E-state index in [0.29, 0.717) is 5.56 Å². The van der Waals surface area contributed by atoms with Crippen LogP contribution in [0.2, 0.25) is 0 Å². The molecule has 374 valence electrons. The summed E-state index contributed by atoms with van der Waals surface area (Å²) < 4.78 is 0.541. The molecule has 2 aromatic carbocycles. The van der Waals surface area contributed by atoms with Gasteiger partial charge in [0.25, 0.3) is 0 Å². The van der Waals surface area contributed by atoms with Crippen LogP contribution in [0, 0.1) is 11.8 Å². The molecule has 0 saturated carbocycles. The van der Waals surface area contributed by atoms with Gasteiger partial charge < -0.3 is 32.5 Å². The summed E-state index contributed by atoms with van der Waals surface area (Å²) in [4.78, 5) is 123. The van der Waals surface area contributed by atoms with E-state index in [9.17, 15) is 53.4 Å². The molecule has 0 heterocycles. The van der Waals surface area contributed by atoms with Crippen LogP contribution in [0.4, 0.5) is 0 Å². The monoisotopic (exact) mass is 1020 g/mol. The van der Waals surface area contributed by atoms with Crippen molar-refractivity contribution >= 4 is 77.3 Å². The molecule has 0 spiro atoms. The van der Waals surface area contributed by atoms with Crippen LogP contribution in [0.25, 0.3) is 0 Å². The van der Waals surface area contributed by atoms with E-state index in [4.69, 9.17) is 17.2 Å². The molecule has 0 radical (unpaired) electrons. The number of hydrogen-bond acceptors (Lipinski definition) is 12. The number of primary amides is 1. The Morgan fingerprint density at radius 1 is 0.603 bits per heavy atom. The van der Waals surface area contributed by atoms with Crippen molar-refractivity contribution in [3.05, 3.63) is 60.2 Å². The molecule has 8 amide bonds. The molecular weight excluding hydrogens is 950 g/mol. The minimum atomic E-state index is -1.70. The summed E-state index contributed by atoms with van der Waals surface area (Å²) in [5.74, 6) is -7.17. The number of aliphatic hydroxyl groups excluding tert-OH is 1. The van der Waals surface area contributed by atoms with E-state index < -0.39 is 118 Å². The average Bonchev–Trinajstić information content (AvgIpc) is 3.25. The maximum atomic E-state index is 14.1. The molecule has 22 nitrogen and oxygen atoms in total. The second-order valence-corrected chi connectivity index (χ2v) is 19.2. The van der Waals surface area contributed by atoms with E-state index >= 15 is 0 Å². The molecule has 2 rings (SSSR count). The molecule has 0 bridgehead atoms. The third-order valence-corrected chi connectivity index (χ3v) is 11.9. The van der Waals surface area contributed by atoms with Gasteiger partial charge in [0.15, 0.2) is 5.96 Å². The number of carbonyl (C=O) groups excluding carboxylic acids is 9. The fourth-order valence-corrected chi connectivity index (χ4v) is 8.26. The van der Waals surface area contributed by atoms with Crippen LogP contribution in [0.1, 0.15) is 79.2 Å². The molecule has 0 saturated heterocycles. The van der Waals surface area contributed by atoms with Crippen molar-refractivity contribution in [3.63, 3.8) is 0 Å². The van der Waals surface area contributed by atoms with Crippen LogP contribution in [-0.2, 0) is 49.6 Å². The Balaban J connectivity index is 2.30. The van der Waals surface area contributed by atoms with Gasteiger partial charge >= 0.3 is 204 Å². The predicted octanol–water partition coefficient (Wildman–Crippen LogP) is -3.06. The van der Waals surface area contributed by atoms with Crippen molar-refractivity contribution in [2.75, 3.05) is 13.2 Å². The number of aromatic hydroxyl groups is 1. The number of rotatable bonds is 29. The number of aliphatic imine (C=N–C) groups is 1. The van der Waals surface area contributed by atoms with Gasteiger partial charge in [-0.05, 0) is 42.9 Å². The fourth-order valence-electron chi connectivity index (χ4n) is 6.53. The number of phenols is 1. The Labute approximate surface area is 402 Å². The number of aliphatic hydroxyl groups is 1. The zero-order valence-corrected chi connectivity index (χ0v) is 40.9. The van der Waals surface area contributed by atoms with Gasteiger partial charge in [0, 0.05) is 19.9 Å². The SMILES string of the molecule is CC(=O)N[C@@H](CC(C)C)C(=O)N[C@@H](Cc1ccc(O)cc1)C(=O)N[C@@H](CCCN=C(N)N)C(=O)N[C@@H](C)C(=O)N[C@@H](CC(N)=O)C(=O)N[C@@H](CO)C(=O)NC(CC(C)C)C(=O)[Se]c1ccccc1. The normalized spacial score (nSPS) is 14.1. The Morgan fingerprint density at radius 3 is 1.66 bits per heavy atom. The van der Waals surface area contributed by atoms with E-state index in [1.165, 1.54) is 38.1 Å². The number of carbonyl (C=O) groups is 9. The van der Waals surface area contributed by atoms with Gasteiger partial charge in [0.05, 0.1) is 0 Å². The quantitative estimate of drug-likeness (QED) is 0.0167. The Morgan fingerprint density at radius 2 is 1.10 bits per heavy atom. The van der Waals surface area contributed by atoms with Crippen molar-refractivity contribution in [2.24, 2.45) is 34.0 Å². The molecular formula is C45H67N11O11Se. The number of guanidine groups is 1. The van der Waals surface area contributed by atoms with Crippen molar-refractivity contribution in [3.8, 4) is 5.75 Å². The molecule has 68 heavy (non-hydrogen) atoms. The van der Waals surface area contributed by atoms with E-state index in [1.807, 2.05) is 27.7 Å². The van der Waals surface area contributed by atoms with Crippen molar-refractivity contribution < 1.29 is 53.4 Å². The zero-order valence-electron chi connectivity index (χ0n) is 39.2. The van der Waals surface area contributed by atoms with Crippen LogP contribution in [0.15, 0.2) is 59.6 Å². The van der Waals surface area contributed by atoms with E-state index in [1.54, 1.807) is 30.3 Å². The minimum absolute atomic E-state index is 0.0160. The molecule has 7 atom stereocenters. The summed E-state index contributed by atoms with van der Waals surface area (Å²) in [5, 5.41) is 37.6. The van der Waals surface area contributed by atoms with Gasteiger partial charge in [0.2, 0.25) is 23.6 Å². The zero-order chi connectivity index (χ0) is 51.1. The first-order valence-corrected chi connectivity index (χ1v) is 23.8. The third kappa shape index (κ3) is 21.8. The van der Waals surface area contributed by atoms with E-state index in [2.05, 4.69) is 42.2 Å². The Hall–Kier alpha value is -6.58. The number of benzene rings is 2. The first-order valence-electron chi connectivity index (χ1n) is 22.1. The predicted molar refractivity (Wildman–Crippen MR) is 253 cm³/mol. The number of nitrogens with two attached hydrogens (primary N) is 3. The first-order chi connectivity index (χ1) is 32.0. The average molecular weight is 1020 g/mol. The van der Waals surface area contributed by atoms with E-state index in [0.717, 1.165) is 4.46 Å². The summed E-state index contributed by atoms with van der Waals surface area (Å²) in [6.45, 7) is 9.04. The molecule has 0 aliphatic rings. The topological polar surface area (TPSA) is 369 Å². The Bertz CT molecular complexity index is 2070. The molecule has 0 fully saturated rings. The Kier molecular flexibility index (Phi) is 24.7. The number of nitrogens with one attached hydrogen (secondary N) is 7. The van der Waals surface area contributed by atoms with Gasteiger partial charge in [-0.1, -0.05) is 26.0 Å². The summed E-state index contributed by atoms with van der Waals surface area (Å²) >= 11 is -0.657. The summed E-state index contributed by atoms with van der Waals surface area (Å²) in [6, 6.07) is 5.41. The number of nitrogens with zero attached hydrogens (tertiary/aromatic N) is 1. The maximum absolute atomic E-state index is 14.1. The van der Waals surface area contributed by atoms with Gasteiger partial charge in [-0.2, -0.15) is 0 Å². The van der Waals surface area contributed by atoms with Gasteiger partial charge in [-0.15, -0.1) is 0 Å². The van der Waals surface area contributed by atoms with Crippen molar-refractivity contribution in [2.45, 2.75) is 122 Å². The van der Waals surface area contributed by atoms with Crippen LogP contribution in [-0.4, -0.2) is 139 Å². The molecule has 0 aliphatic carbocycles. The second kappa shape index (κ2) is 29.2. The van der Waals surface area contributed by atoms with Crippen LogP contribution in [0.5, 0.6) is 5.75 Å². The number of hydrogen-bond donors (Lipinski definition) is 12. The molecule has 2 aromatic rings. The van der Waals surface area contributed by atoms with Crippen molar-refractivity contribution in [1.82, 2.24) is 37.2 Å². The van der Waals surface area contributed by atoms with Crippen molar-refractivity contribution in [1.29, 1.82) is 0 Å². The first kappa shape index (κ1) is 57.5. The van der Waals surface area contributed by atoms with Gasteiger partial charge in [-0.3, -0.25) is 24.2 Å². The summed E-state index contributed by atoms with van der Waals surface area (Å²) in [5.41, 5.74) is 16.8. The standard InChI is InChI=1S/C45H67N11O11Se/c1-24(2)19-32(51-27(6)58)40(63)54-33(21-28-14-16-29(59)17-15-28)41(64)52-31(13-10-18-49-45(47)48)39(62)50-26(5)38(61)53-34(22-37(46)60)42(65)56-36(23-57)43(66)55-35(20-25(3)4)44(67)68-30-11-8-7-9-12-30/h7-9,11-12,14-17,24-26,31-36,57,59H,10,13,18-23H2,1-6H3,(H2,46,60)(H,50,62)(H,51,58)(H,52,64)(H,53,61)(H,54,63)(H,55,66)(H,56,65)(H4,47,48,49)/t26-,31-,32-,33-,34-,35?,36-/m0/s1. The molecule has 15 N–H and O–H groups in total. The van der Waals surface area contributed by atoms with Crippen LogP contribution >= 0.6 is 0 Å². The summed E-state index contributed by atoms with van der Waals surface area (Å²) in [6.07, 6.45) is -0.300. The molecule has 23 heteroatoms. The number of amides is 8.